The van der Waals surface area contributed by atoms with Crippen LogP contribution < -0.4 is 4.90 Å². The molecule has 0 aliphatic carbocycles. The number of hydrogen-bond acceptors (Lipinski definition) is 5. The van der Waals surface area contributed by atoms with Crippen LogP contribution in [0.15, 0.2) is 23.2 Å². The zero-order valence-electron chi connectivity index (χ0n) is 14.4. The van der Waals surface area contributed by atoms with Crippen LogP contribution in [0, 0.1) is 0 Å². The Balaban J connectivity index is 1.74. The third-order valence-electron chi connectivity index (χ3n) is 4.61. The van der Waals surface area contributed by atoms with E-state index in [2.05, 4.69) is 34.1 Å². The van der Waals surface area contributed by atoms with Gasteiger partial charge in [-0.1, -0.05) is 0 Å². The number of amides is 1. The van der Waals surface area contributed by atoms with Crippen LogP contribution in [-0.4, -0.2) is 47.0 Å². The highest BCUT2D eigenvalue weighted by molar-refractivity contribution is 7.08. The van der Waals surface area contributed by atoms with E-state index >= 15 is 0 Å². The second kappa shape index (κ2) is 7.75. The SMILES string of the molecule is CCN(CC)c1ncnc2c1CCN(C(=O)Cc1ccsc1)CC2. The van der Waals surface area contributed by atoms with Gasteiger partial charge in [-0.25, -0.2) is 9.97 Å². The van der Waals surface area contributed by atoms with E-state index < -0.39 is 0 Å². The number of rotatable bonds is 5. The van der Waals surface area contributed by atoms with E-state index in [1.807, 2.05) is 16.3 Å². The van der Waals surface area contributed by atoms with Gasteiger partial charge in [0, 0.05) is 38.2 Å². The molecule has 3 rings (SSSR count). The third kappa shape index (κ3) is 3.59. The topological polar surface area (TPSA) is 49.3 Å². The van der Waals surface area contributed by atoms with Crippen LogP contribution in [0.3, 0.4) is 0 Å². The second-order valence-electron chi connectivity index (χ2n) is 5.98. The molecule has 2 aromatic heterocycles. The van der Waals surface area contributed by atoms with Crippen molar-refractivity contribution in [1.82, 2.24) is 14.9 Å². The Labute approximate surface area is 147 Å². The molecule has 0 saturated carbocycles. The predicted octanol–water partition coefficient (Wildman–Crippen LogP) is 2.55. The van der Waals surface area contributed by atoms with E-state index in [0.29, 0.717) is 6.42 Å². The quantitative estimate of drug-likeness (QED) is 0.836. The summed E-state index contributed by atoms with van der Waals surface area (Å²) in [7, 11) is 0. The van der Waals surface area contributed by atoms with E-state index in [9.17, 15) is 4.79 Å². The lowest BCUT2D eigenvalue weighted by Crippen LogP contribution is -2.34. The van der Waals surface area contributed by atoms with E-state index in [1.54, 1.807) is 17.7 Å². The fourth-order valence-corrected chi connectivity index (χ4v) is 3.90. The first-order valence-corrected chi connectivity index (χ1v) is 9.53. The minimum atomic E-state index is 0.207. The van der Waals surface area contributed by atoms with E-state index in [-0.39, 0.29) is 5.91 Å². The first-order valence-electron chi connectivity index (χ1n) is 8.59. The molecule has 6 heteroatoms. The summed E-state index contributed by atoms with van der Waals surface area (Å²) in [5, 5.41) is 4.07. The molecule has 0 aromatic carbocycles. The van der Waals surface area contributed by atoms with Gasteiger partial charge in [0.1, 0.15) is 12.1 Å². The summed E-state index contributed by atoms with van der Waals surface area (Å²) in [4.78, 5) is 25.8. The molecule has 3 heterocycles. The molecule has 128 valence electrons. The van der Waals surface area contributed by atoms with Gasteiger partial charge < -0.3 is 9.80 Å². The molecule has 0 bridgehead atoms. The normalized spacial score (nSPS) is 14.2. The van der Waals surface area contributed by atoms with Crippen molar-refractivity contribution in [2.75, 3.05) is 31.1 Å². The van der Waals surface area contributed by atoms with Gasteiger partial charge in [0.25, 0.3) is 0 Å². The number of fused-ring (bicyclic) bond motifs is 1. The molecule has 0 atom stereocenters. The largest absolute Gasteiger partial charge is 0.357 e. The second-order valence-corrected chi connectivity index (χ2v) is 6.76. The fourth-order valence-electron chi connectivity index (χ4n) is 3.23. The molecule has 0 spiro atoms. The van der Waals surface area contributed by atoms with E-state index in [0.717, 1.165) is 56.1 Å². The molecular formula is C18H24N4OS. The van der Waals surface area contributed by atoms with Crippen LogP contribution in [0.25, 0.3) is 0 Å². The molecule has 0 fully saturated rings. The first-order chi connectivity index (χ1) is 11.7. The maximum atomic E-state index is 12.6. The summed E-state index contributed by atoms with van der Waals surface area (Å²) in [6, 6.07) is 2.03. The van der Waals surface area contributed by atoms with Gasteiger partial charge in [0.2, 0.25) is 5.91 Å². The zero-order chi connectivity index (χ0) is 16.9. The molecule has 1 amide bonds. The predicted molar refractivity (Wildman–Crippen MR) is 97.6 cm³/mol. The highest BCUT2D eigenvalue weighted by Crippen LogP contribution is 2.24. The molecule has 24 heavy (non-hydrogen) atoms. The average Bonchev–Trinajstić information content (AvgIpc) is 3.00. The van der Waals surface area contributed by atoms with Crippen LogP contribution in [0.4, 0.5) is 5.82 Å². The average molecular weight is 344 g/mol. The number of thiophene rings is 1. The first kappa shape index (κ1) is 16.9. The van der Waals surface area contributed by atoms with Crippen LogP contribution in [0.5, 0.6) is 0 Å². The lowest BCUT2D eigenvalue weighted by molar-refractivity contribution is -0.130. The van der Waals surface area contributed by atoms with Crippen molar-refractivity contribution in [3.63, 3.8) is 0 Å². The van der Waals surface area contributed by atoms with Crippen LogP contribution in [0.2, 0.25) is 0 Å². The third-order valence-corrected chi connectivity index (χ3v) is 5.35. The van der Waals surface area contributed by atoms with Crippen molar-refractivity contribution < 1.29 is 4.79 Å². The van der Waals surface area contributed by atoms with Crippen LogP contribution >= 0.6 is 11.3 Å². The van der Waals surface area contributed by atoms with E-state index in [4.69, 9.17) is 0 Å². The Morgan fingerprint density at radius 3 is 2.75 bits per heavy atom. The van der Waals surface area contributed by atoms with Gasteiger partial charge in [-0.2, -0.15) is 11.3 Å². The highest BCUT2D eigenvalue weighted by atomic mass is 32.1. The number of carbonyl (C=O) groups is 1. The monoisotopic (exact) mass is 344 g/mol. The number of carbonyl (C=O) groups excluding carboxylic acids is 1. The highest BCUT2D eigenvalue weighted by Gasteiger charge is 2.23. The van der Waals surface area contributed by atoms with Crippen molar-refractivity contribution in [1.29, 1.82) is 0 Å². The Hall–Kier alpha value is -1.95. The Bertz CT molecular complexity index is 682. The van der Waals surface area contributed by atoms with Crippen LogP contribution in [0.1, 0.15) is 30.7 Å². The summed E-state index contributed by atoms with van der Waals surface area (Å²) in [6.45, 7) is 7.64. The minimum absolute atomic E-state index is 0.207. The summed E-state index contributed by atoms with van der Waals surface area (Å²) >= 11 is 1.64. The molecule has 5 nitrogen and oxygen atoms in total. The van der Waals surface area contributed by atoms with Gasteiger partial charge in [0.05, 0.1) is 12.1 Å². The van der Waals surface area contributed by atoms with Gasteiger partial charge >= 0.3 is 0 Å². The van der Waals surface area contributed by atoms with Crippen molar-refractivity contribution in [3.8, 4) is 0 Å². The number of hydrogen-bond donors (Lipinski definition) is 0. The standard InChI is InChI=1S/C18H24N4OS/c1-3-21(4-2)18-15-5-8-22(9-6-16(15)19-13-20-18)17(23)11-14-7-10-24-12-14/h7,10,12-13H,3-6,8-9,11H2,1-2H3. The lowest BCUT2D eigenvalue weighted by atomic mass is 10.1. The molecule has 1 aliphatic heterocycles. The number of nitrogens with zero attached hydrogens (tertiary/aromatic N) is 4. The van der Waals surface area contributed by atoms with Gasteiger partial charge in [-0.05, 0) is 42.7 Å². The van der Waals surface area contributed by atoms with Gasteiger partial charge in [-0.15, -0.1) is 0 Å². The Kier molecular flexibility index (Phi) is 5.45. The molecule has 1 aliphatic rings. The molecule has 2 aromatic rings. The zero-order valence-corrected chi connectivity index (χ0v) is 15.2. The van der Waals surface area contributed by atoms with Crippen LogP contribution in [-0.2, 0) is 24.1 Å². The number of anilines is 1. The van der Waals surface area contributed by atoms with E-state index in [1.165, 1.54) is 5.56 Å². The maximum absolute atomic E-state index is 12.6. The van der Waals surface area contributed by atoms with Gasteiger partial charge in [-0.3, -0.25) is 4.79 Å². The molecule has 0 N–H and O–H groups in total. The number of aromatic nitrogens is 2. The molecule has 0 saturated heterocycles. The molecular weight excluding hydrogens is 320 g/mol. The summed E-state index contributed by atoms with van der Waals surface area (Å²) < 4.78 is 0. The Morgan fingerprint density at radius 1 is 1.25 bits per heavy atom. The smallest absolute Gasteiger partial charge is 0.227 e. The van der Waals surface area contributed by atoms with Crippen molar-refractivity contribution >= 4 is 23.1 Å². The summed E-state index contributed by atoms with van der Waals surface area (Å²) in [5.41, 5.74) is 3.42. The Morgan fingerprint density at radius 2 is 2.04 bits per heavy atom. The van der Waals surface area contributed by atoms with Crippen molar-refractivity contribution in [3.05, 3.63) is 40.0 Å². The molecule has 0 radical (unpaired) electrons. The van der Waals surface area contributed by atoms with Gasteiger partial charge in [0.15, 0.2) is 0 Å². The lowest BCUT2D eigenvalue weighted by Gasteiger charge is -2.23. The van der Waals surface area contributed by atoms with Crippen molar-refractivity contribution in [2.45, 2.75) is 33.1 Å². The molecule has 0 unspecified atom stereocenters. The summed E-state index contributed by atoms with van der Waals surface area (Å²) in [5.74, 6) is 1.25. The van der Waals surface area contributed by atoms with Crippen molar-refractivity contribution in [2.24, 2.45) is 0 Å². The maximum Gasteiger partial charge on any atom is 0.227 e. The summed E-state index contributed by atoms with van der Waals surface area (Å²) in [6.07, 6.45) is 3.79. The minimum Gasteiger partial charge on any atom is -0.357 e. The fraction of sp³-hybridized carbons (Fsp3) is 0.500.